The van der Waals surface area contributed by atoms with E-state index in [1.807, 2.05) is 22.7 Å². The summed E-state index contributed by atoms with van der Waals surface area (Å²) in [6.45, 7) is 8.22. The van der Waals surface area contributed by atoms with E-state index in [4.69, 9.17) is 4.52 Å². The van der Waals surface area contributed by atoms with Gasteiger partial charge in [0.1, 0.15) is 0 Å². The molecule has 0 radical (unpaired) electrons. The fraction of sp³-hybridized carbons (Fsp3) is 0.647. The number of amides is 1. The number of aryl methyl sites for hydroxylation is 3. The van der Waals surface area contributed by atoms with Crippen LogP contribution in [0.15, 0.2) is 10.7 Å². The number of likely N-dealkylation sites (tertiary alicyclic amines) is 1. The Morgan fingerprint density at radius 3 is 2.71 bits per heavy atom. The van der Waals surface area contributed by atoms with Crippen molar-refractivity contribution in [1.82, 2.24) is 24.8 Å². The van der Waals surface area contributed by atoms with Crippen molar-refractivity contribution in [2.45, 2.75) is 53.0 Å². The molecule has 0 N–H and O–H groups in total. The number of nitrogens with zero attached hydrogens (tertiary/aromatic N) is 5. The molecule has 130 valence electrons. The molecule has 1 amide bonds. The van der Waals surface area contributed by atoms with Crippen LogP contribution in [-0.4, -0.2) is 43.8 Å². The Hall–Kier alpha value is -2.18. The van der Waals surface area contributed by atoms with E-state index in [1.165, 1.54) is 0 Å². The van der Waals surface area contributed by atoms with E-state index in [1.54, 1.807) is 6.92 Å². The second kappa shape index (κ2) is 7.15. The smallest absolute Gasteiger partial charge is 0.257 e. The lowest BCUT2D eigenvalue weighted by Gasteiger charge is -2.31. The van der Waals surface area contributed by atoms with Gasteiger partial charge in [-0.25, -0.2) is 0 Å². The molecule has 24 heavy (non-hydrogen) atoms. The Balaban J connectivity index is 1.57. The Morgan fingerprint density at radius 2 is 2.08 bits per heavy atom. The minimum absolute atomic E-state index is 0.101. The standard InChI is InChI=1S/C17H25N5O2/c1-4-7-22-11-15(12(2)19-22)17(23)21-8-5-14(6-9-21)10-16-18-13(3)24-20-16/h11,14H,4-10H2,1-3H3. The van der Waals surface area contributed by atoms with Gasteiger partial charge in [-0.1, -0.05) is 12.1 Å². The summed E-state index contributed by atoms with van der Waals surface area (Å²) in [7, 11) is 0. The fourth-order valence-electron chi connectivity index (χ4n) is 3.26. The predicted octanol–water partition coefficient (Wildman–Crippen LogP) is 2.39. The van der Waals surface area contributed by atoms with Gasteiger partial charge in [0, 0.05) is 39.2 Å². The van der Waals surface area contributed by atoms with Gasteiger partial charge in [0.05, 0.1) is 11.3 Å². The monoisotopic (exact) mass is 331 g/mol. The summed E-state index contributed by atoms with van der Waals surface area (Å²) in [6.07, 6.45) is 5.67. The minimum atomic E-state index is 0.101. The average molecular weight is 331 g/mol. The summed E-state index contributed by atoms with van der Waals surface area (Å²) < 4.78 is 6.89. The van der Waals surface area contributed by atoms with Gasteiger partial charge in [-0.3, -0.25) is 9.48 Å². The van der Waals surface area contributed by atoms with E-state index in [2.05, 4.69) is 22.2 Å². The first-order valence-corrected chi connectivity index (χ1v) is 8.69. The molecule has 0 spiro atoms. The molecule has 0 atom stereocenters. The number of carbonyl (C=O) groups excluding carboxylic acids is 1. The third kappa shape index (κ3) is 3.66. The predicted molar refractivity (Wildman–Crippen MR) is 88.6 cm³/mol. The van der Waals surface area contributed by atoms with Crippen molar-refractivity contribution >= 4 is 5.91 Å². The van der Waals surface area contributed by atoms with E-state index in [-0.39, 0.29) is 5.91 Å². The highest BCUT2D eigenvalue weighted by Crippen LogP contribution is 2.22. The van der Waals surface area contributed by atoms with Crippen LogP contribution in [0.1, 0.15) is 54.0 Å². The SMILES string of the molecule is CCCn1cc(C(=O)N2CCC(Cc3noc(C)n3)CC2)c(C)n1. The van der Waals surface area contributed by atoms with Crippen molar-refractivity contribution in [2.24, 2.45) is 5.92 Å². The summed E-state index contributed by atoms with van der Waals surface area (Å²) >= 11 is 0. The Bertz CT molecular complexity index is 698. The zero-order valence-corrected chi connectivity index (χ0v) is 14.7. The molecular formula is C17H25N5O2. The second-order valence-electron chi connectivity index (χ2n) is 6.56. The van der Waals surface area contributed by atoms with Gasteiger partial charge in [0.2, 0.25) is 5.89 Å². The molecule has 2 aromatic heterocycles. The summed E-state index contributed by atoms with van der Waals surface area (Å²) in [5.74, 6) is 1.99. The maximum Gasteiger partial charge on any atom is 0.257 e. The van der Waals surface area contributed by atoms with Gasteiger partial charge >= 0.3 is 0 Å². The molecule has 1 aliphatic heterocycles. The first kappa shape index (κ1) is 16.7. The van der Waals surface area contributed by atoms with Crippen LogP contribution in [0.3, 0.4) is 0 Å². The highest BCUT2D eigenvalue weighted by Gasteiger charge is 2.26. The summed E-state index contributed by atoms with van der Waals surface area (Å²) in [4.78, 5) is 19.0. The molecule has 3 heterocycles. The minimum Gasteiger partial charge on any atom is -0.340 e. The van der Waals surface area contributed by atoms with Crippen LogP contribution in [0.5, 0.6) is 0 Å². The molecule has 0 unspecified atom stereocenters. The van der Waals surface area contributed by atoms with Crippen LogP contribution in [0.2, 0.25) is 0 Å². The highest BCUT2D eigenvalue weighted by molar-refractivity contribution is 5.95. The van der Waals surface area contributed by atoms with Gasteiger partial charge in [0.25, 0.3) is 5.91 Å². The number of hydrogen-bond donors (Lipinski definition) is 0. The van der Waals surface area contributed by atoms with Gasteiger partial charge in [-0.2, -0.15) is 10.1 Å². The Labute approximate surface area is 142 Å². The Kier molecular flexibility index (Phi) is 4.97. The van der Waals surface area contributed by atoms with Gasteiger partial charge in [-0.15, -0.1) is 0 Å². The van der Waals surface area contributed by atoms with Crippen LogP contribution in [-0.2, 0) is 13.0 Å². The highest BCUT2D eigenvalue weighted by atomic mass is 16.5. The molecule has 1 fully saturated rings. The molecule has 0 aliphatic carbocycles. The molecule has 0 saturated carbocycles. The molecule has 0 aromatic carbocycles. The van der Waals surface area contributed by atoms with E-state index < -0.39 is 0 Å². The molecule has 0 bridgehead atoms. The Morgan fingerprint density at radius 1 is 1.33 bits per heavy atom. The summed E-state index contributed by atoms with van der Waals surface area (Å²) in [5.41, 5.74) is 1.55. The molecule has 1 aliphatic rings. The first-order valence-electron chi connectivity index (χ1n) is 8.69. The van der Waals surface area contributed by atoms with Crippen molar-refractivity contribution in [3.63, 3.8) is 0 Å². The molecule has 3 rings (SSSR count). The third-order valence-corrected chi connectivity index (χ3v) is 4.57. The normalized spacial score (nSPS) is 15.9. The zero-order chi connectivity index (χ0) is 17.1. The number of hydrogen-bond acceptors (Lipinski definition) is 5. The molecule has 1 saturated heterocycles. The van der Waals surface area contributed by atoms with Crippen LogP contribution in [0.25, 0.3) is 0 Å². The maximum absolute atomic E-state index is 12.7. The van der Waals surface area contributed by atoms with Gasteiger partial charge < -0.3 is 9.42 Å². The van der Waals surface area contributed by atoms with Crippen molar-refractivity contribution in [2.75, 3.05) is 13.1 Å². The maximum atomic E-state index is 12.7. The summed E-state index contributed by atoms with van der Waals surface area (Å²) in [6, 6.07) is 0. The van der Waals surface area contributed by atoms with Gasteiger partial charge in [0.15, 0.2) is 5.82 Å². The van der Waals surface area contributed by atoms with E-state index in [9.17, 15) is 4.79 Å². The quantitative estimate of drug-likeness (QED) is 0.841. The van der Waals surface area contributed by atoms with Crippen LogP contribution in [0, 0.1) is 19.8 Å². The third-order valence-electron chi connectivity index (χ3n) is 4.57. The summed E-state index contributed by atoms with van der Waals surface area (Å²) in [5, 5.41) is 8.40. The lowest BCUT2D eigenvalue weighted by Crippen LogP contribution is -2.39. The largest absolute Gasteiger partial charge is 0.340 e. The topological polar surface area (TPSA) is 77.0 Å². The molecular weight excluding hydrogens is 306 g/mol. The van der Waals surface area contributed by atoms with E-state index >= 15 is 0 Å². The van der Waals surface area contributed by atoms with E-state index in [0.29, 0.717) is 11.8 Å². The van der Waals surface area contributed by atoms with E-state index in [0.717, 1.165) is 62.4 Å². The first-order chi connectivity index (χ1) is 11.6. The van der Waals surface area contributed by atoms with Crippen molar-refractivity contribution in [3.05, 3.63) is 29.2 Å². The number of carbonyl (C=O) groups is 1. The van der Waals surface area contributed by atoms with Crippen LogP contribution < -0.4 is 0 Å². The number of rotatable bonds is 5. The van der Waals surface area contributed by atoms with Crippen molar-refractivity contribution in [3.8, 4) is 0 Å². The second-order valence-corrected chi connectivity index (χ2v) is 6.56. The fourth-order valence-corrected chi connectivity index (χ4v) is 3.26. The van der Waals surface area contributed by atoms with Crippen LogP contribution >= 0.6 is 0 Å². The van der Waals surface area contributed by atoms with Crippen LogP contribution in [0.4, 0.5) is 0 Å². The van der Waals surface area contributed by atoms with Crippen molar-refractivity contribution < 1.29 is 9.32 Å². The zero-order valence-electron chi connectivity index (χ0n) is 14.7. The lowest BCUT2D eigenvalue weighted by atomic mass is 9.93. The number of piperidine rings is 1. The average Bonchev–Trinajstić information content (AvgIpc) is 3.13. The molecule has 7 heteroatoms. The molecule has 2 aromatic rings. The van der Waals surface area contributed by atoms with Crippen molar-refractivity contribution in [1.29, 1.82) is 0 Å². The number of aromatic nitrogens is 4. The lowest BCUT2D eigenvalue weighted by molar-refractivity contribution is 0.0688. The van der Waals surface area contributed by atoms with Gasteiger partial charge in [-0.05, 0) is 32.1 Å². The molecule has 7 nitrogen and oxygen atoms in total.